The van der Waals surface area contributed by atoms with Crippen molar-refractivity contribution in [3.63, 3.8) is 0 Å². The Labute approximate surface area is 144 Å². The summed E-state index contributed by atoms with van der Waals surface area (Å²) < 4.78 is 1.68. The van der Waals surface area contributed by atoms with Gasteiger partial charge in [-0.15, -0.1) is 11.3 Å². The fraction of sp³-hybridized carbons (Fsp3) is 0.500. The molecule has 0 spiro atoms. The monoisotopic (exact) mass is 350 g/mol. The first-order valence-corrected chi connectivity index (χ1v) is 8.45. The number of hydrogen-bond acceptors (Lipinski definition) is 5. The van der Waals surface area contributed by atoms with Crippen LogP contribution in [0.4, 0.5) is 0 Å². The molecule has 0 aliphatic carbocycles. The van der Waals surface area contributed by atoms with E-state index in [9.17, 15) is 9.59 Å². The van der Waals surface area contributed by atoms with Crippen LogP contribution in [0.25, 0.3) is 10.6 Å². The van der Waals surface area contributed by atoms with Crippen LogP contribution in [0, 0.1) is 12.8 Å². The highest BCUT2D eigenvalue weighted by Gasteiger charge is 2.34. The third-order valence-electron chi connectivity index (χ3n) is 4.15. The number of carboxylic acid groups (broad SMARTS) is 1. The van der Waals surface area contributed by atoms with Crippen molar-refractivity contribution in [1.82, 2.24) is 20.1 Å². The zero-order valence-electron chi connectivity index (χ0n) is 14.5. The maximum atomic E-state index is 12.7. The van der Waals surface area contributed by atoms with Crippen LogP contribution in [0.2, 0.25) is 0 Å². The summed E-state index contributed by atoms with van der Waals surface area (Å²) in [6.45, 7) is 7.31. The van der Waals surface area contributed by atoms with Gasteiger partial charge in [-0.05, 0) is 19.8 Å². The first-order chi connectivity index (χ1) is 11.1. The Bertz CT molecular complexity index is 765. The molecular formula is C16H22N4O3S. The van der Waals surface area contributed by atoms with E-state index in [0.717, 1.165) is 10.6 Å². The second kappa shape index (κ2) is 6.72. The van der Waals surface area contributed by atoms with Crippen molar-refractivity contribution in [2.24, 2.45) is 13.0 Å². The molecular weight excluding hydrogens is 328 g/mol. The van der Waals surface area contributed by atoms with E-state index in [1.54, 1.807) is 24.7 Å². The van der Waals surface area contributed by atoms with Gasteiger partial charge in [0.25, 0.3) is 5.91 Å². The fourth-order valence-corrected chi connectivity index (χ4v) is 3.22. The predicted octanol–water partition coefficient (Wildman–Crippen LogP) is 2.47. The van der Waals surface area contributed by atoms with Crippen molar-refractivity contribution in [2.75, 3.05) is 0 Å². The Hall–Kier alpha value is -2.22. The summed E-state index contributed by atoms with van der Waals surface area (Å²) in [5.74, 6) is -1.26. The molecule has 7 nitrogen and oxygen atoms in total. The molecule has 1 atom stereocenters. The second-order valence-electron chi connectivity index (χ2n) is 6.43. The fourth-order valence-electron chi connectivity index (χ4n) is 2.29. The van der Waals surface area contributed by atoms with Crippen LogP contribution in [0.5, 0.6) is 0 Å². The number of carbonyl (C=O) groups is 2. The van der Waals surface area contributed by atoms with E-state index in [1.165, 1.54) is 11.3 Å². The summed E-state index contributed by atoms with van der Waals surface area (Å²) in [7, 11) is 1.82. The number of nitrogens with one attached hydrogen (secondary N) is 1. The van der Waals surface area contributed by atoms with Crippen LogP contribution in [-0.4, -0.2) is 37.3 Å². The molecule has 0 aromatic carbocycles. The molecule has 2 heterocycles. The predicted molar refractivity (Wildman–Crippen MR) is 92.0 cm³/mol. The number of thiazole rings is 1. The van der Waals surface area contributed by atoms with Crippen LogP contribution >= 0.6 is 11.3 Å². The van der Waals surface area contributed by atoms with Gasteiger partial charge in [-0.25, -0.2) is 4.98 Å². The topological polar surface area (TPSA) is 97.1 Å². The zero-order valence-corrected chi connectivity index (χ0v) is 15.3. The van der Waals surface area contributed by atoms with E-state index in [0.29, 0.717) is 10.6 Å². The van der Waals surface area contributed by atoms with Gasteiger partial charge in [-0.2, -0.15) is 5.10 Å². The Morgan fingerprint density at radius 2 is 2.12 bits per heavy atom. The number of rotatable bonds is 6. The van der Waals surface area contributed by atoms with Gasteiger partial charge in [0.2, 0.25) is 0 Å². The Balaban J connectivity index is 2.26. The van der Waals surface area contributed by atoms with Crippen LogP contribution < -0.4 is 5.32 Å². The third-order valence-corrected chi connectivity index (χ3v) is 5.35. The highest BCUT2D eigenvalue weighted by atomic mass is 32.1. The molecule has 2 aromatic heterocycles. The Kier molecular flexibility index (Phi) is 5.08. The normalized spacial score (nSPS) is 13.8. The minimum atomic E-state index is -0.941. The Morgan fingerprint density at radius 3 is 2.62 bits per heavy atom. The van der Waals surface area contributed by atoms with Crippen molar-refractivity contribution in [3.8, 4) is 10.6 Å². The van der Waals surface area contributed by atoms with Gasteiger partial charge in [0.1, 0.15) is 9.88 Å². The van der Waals surface area contributed by atoms with E-state index < -0.39 is 11.5 Å². The number of hydrogen-bond donors (Lipinski definition) is 2. The van der Waals surface area contributed by atoms with Gasteiger partial charge in [-0.1, -0.05) is 13.8 Å². The molecule has 130 valence electrons. The lowest BCUT2D eigenvalue weighted by Crippen LogP contribution is -2.51. The van der Waals surface area contributed by atoms with Crippen molar-refractivity contribution >= 4 is 23.2 Å². The van der Waals surface area contributed by atoms with Gasteiger partial charge in [-0.3, -0.25) is 14.3 Å². The van der Waals surface area contributed by atoms with E-state index in [2.05, 4.69) is 15.4 Å². The number of amides is 1. The molecule has 8 heteroatoms. The van der Waals surface area contributed by atoms with Crippen LogP contribution in [-0.2, 0) is 11.8 Å². The third kappa shape index (κ3) is 3.81. The molecule has 0 radical (unpaired) electrons. The molecule has 1 unspecified atom stereocenters. The first-order valence-electron chi connectivity index (χ1n) is 7.63. The minimum Gasteiger partial charge on any atom is -0.481 e. The average molecular weight is 350 g/mol. The molecule has 2 N–H and O–H groups in total. The molecule has 2 aromatic rings. The van der Waals surface area contributed by atoms with E-state index in [1.807, 2.05) is 27.1 Å². The lowest BCUT2D eigenvalue weighted by molar-refractivity contribution is -0.138. The minimum absolute atomic E-state index is 0.0245. The lowest BCUT2D eigenvalue weighted by atomic mass is 9.85. The SMILES string of the molecule is Cc1nc(-c2cnn(C)c2)sc1C(=O)NC(C)(CC(=O)O)C(C)C. The van der Waals surface area contributed by atoms with Crippen LogP contribution in [0.1, 0.15) is 42.6 Å². The number of aromatic nitrogens is 3. The molecule has 24 heavy (non-hydrogen) atoms. The second-order valence-corrected chi connectivity index (χ2v) is 7.43. The smallest absolute Gasteiger partial charge is 0.305 e. The standard InChI is InChI=1S/C16H22N4O3S/c1-9(2)16(4,6-12(21)22)19-14(23)13-10(3)18-15(24-13)11-7-17-20(5)8-11/h7-9H,6H2,1-5H3,(H,19,23)(H,21,22). The highest BCUT2D eigenvalue weighted by Crippen LogP contribution is 2.29. The Morgan fingerprint density at radius 1 is 1.46 bits per heavy atom. The highest BCUT2D eigenvalue weighted by molar-refractivity contribution is 7.17. The molecule has 0 aliphatic heterocycles. The van der Waals surface area contributed by atoms with E-state index >= 15 is 0 Å². The summed E-state index contributed by atoms with van der Waals surface area (Å²) in [4.78, 5) is 28.7. The molecule has 0 aliphatic rings. The van der Waals surface area contributed by atoms with Crippen LogP contribution in [0.3, 0.4) is 0 Å². The molecule has 0 fully saturated rings. The van der Waals surface area contributed by atoms with Gasteiger partial charge in [0.15, 0.2) is 0 Å². The van der Waals surface area contributed by atoms with Crippen molar-refractivity contribution in [2.45, 2.75) is 39.7 Å². The average Bonchev–Trinajstić information content (AvgIpc) is 3.03. The van der Waals surface area contributed by atoms with Crippen LogP contribution in [0.15, 0.2) is 12.4 Å². The maximum Gasteiger partial charge on any atom is 0.305 e. The van der Waals surface area contributed by atoms with Crippen molar-refractivity contribution in [3.05, 3.63) is 23.0 Å². The molecule has 0 saturated heterocycles. The summed E-state index contributed by atoms with van der Waals surface area (Å²) in [6.07, 6.45) is 3.40. The number of aryl methyl sites for hydroxylation is 2. The molecule has 0 saturated carbocycles. The molecule has 2 rings (SSSR count). The quantitative estimate of drug-likeness (QED) is 0.834. The zero-order chi connectivity index (χ0) is 18.1. The van der Waals surface area contributed by atoms with Crippen molar-refractivity contribution < 1.29 is 14.7 Å². The summed E-state index contributed by atoms with van der Waals surface area (Å²) in [6, 6.07) is 0. The van der Waals surface area contributed by atoms with Gasteiger partial charge < -0.3 is 10.4 Å². The molecule has 0 bridgehead atoms. The van der Waals surface area contributed by atoms with E-state index in [4.69, 9.17) is 5.11 Å². The number of aliphatic carboxylic acids is 1. The summed E-state index contributed by atoms with van der Waals surface area (Å²) in [5.41, 5.74) is 0.646. The largest absolute Gasteiger partial charge is 0.481 e. The van der Waals surface area contributed by atoms with Crippen molar-refractivity contribution in [1.29, 1.82) is 0 Å². The summed E-state index contributed by atoms with van der Waals surface area (Å²) in [5, 5.41) is 16.8. The first kappa shape index (κ1) is 18.1. The van der Waals surface area contributed by atoms with Gasteiger partial charge >= 0.3 is 5.97 Å². The number of carboxylic acids is 1. The summed E-state index contributed by atoms with van der Waals surface area (Å²) >= 11 is 1.28. The van der Waals surface area contributed by atoms with Gasteiger partial charge in [0.05, 0.1) is 23.9 Å². The van der Waals surface area contributed by atoms with E-state index in [-0.39, 0.29) is 18.2 Å². The number of nitrogens with zero attached hydrogens (tertiary/aromatic N) is 3. The maximum absolute atomic E-state index is 12.7. The number of carbonyl (C=O) groups excluding carboxylic acids is 1. The lowest BCUT2D eigenvalue weighted by Gasteiger charge is -2.33. The molecule has 1 amide bonds. The van der Waals surface area contributed by atoms with Gasteiger partial charge in [0, 0.05) is 18.8 Å².